The topological polar surface area (TPSA) is 57.2 Å². The van der Waals surface area contributed by atoms with E-state index in [0.717, 1.165) is 17.5 Å². The van der Waals surface area contributed by atoms with Crippen LogP contribution in [0.1, 0.15) is 64.1 Å². The Bertz CT molecular complexity index is 895. The van der Waals surface area contributed by atoms with E-state index in [9.17, 15) is 14.7 Å². The van der Waals surface area contributed by atoms with Gasteiger partial charge in [0.15, 0.2) is 5.78 Å². The Morgan fingerprint density at radius 3 is 2.62 bits per heavy atom. The zero-order valence-corrected chi connectivity index (χ0v) is 13.7. The van der Waals surface area contributed by atoms with E-state index >= 15 is 0 Å². The molecule has 2 aromatic carbocycles. The Hall–Kier alpha value is -2.86. The first-order chi connectivity index (χ1) is 11.4. The Kier molecular flexibility index (Phi) is 3.99. The standard InChI is InChI=1S/C21H18O3/c1-21(2)12-11-19(22)17-13-14(8-10-18(17)21)7-9-15-5-3-4-6-16(15)20(23)24/h3-6,8,10,13H,11-12H2,1-2H3,(H,23,24)/p-1. The van der Waals surface area contributed by atoms with Crippen LogP contribution < -0.4 is 5.11 Å². The number of hydrogen-bond donors (Lipinski definition) is 0. The molecule has 0 radical (unpaired) electrons. The summed E-state index contributed by atoms with van der Waals surface area (Å²) in [5, 5.41) is 11.1. The Balaban J connectivity index is 2.01. The van der Waals surface area contributed by atoms with Crippen LogP contribution >= 0.6 is 0 Å². The van der Waals surface area contributed by atoms with Crippen LogP contribution in [-0.2, 0) is 5.41 Å². The summed E-state index contributed by atoms with van der Waals surface area (Å²) in [7, 11) is 0. The molecular formula is C21H17O3-. The number of hydrogen-bond acceptors (Lipinski definition) is 3. The lowest BCUT2D eigenvalue weighted by Gasteiger charge is -2.31. The van der Waals surface area contributed by atoms with E-state index in [2.05, 4.69) is 25.7 Å². The molecule has 2 aromatic rings. The highest BCUT2D eigenvalue weighted by Gasteiger charge is 2.31. The van der Waals surface area contributed by atoms with E-state index in [-0.39, 0.29) is 16.8 Å². The second-order valence-corrected chi connectivity index (χ2v) is 6.65. The molecule has 0 aliphatic heterocycles. The summed E-state index contributed by atoms with van der Waals surface area (Å²) in [5.41, 5.74) is 2.94. The number of carbonyl (C=O) groups is 2. The van der Waals surface area contributed by atoms with Gasteiger partial charge in [0, 0.05) is 28.7 Å². The number of Topliss-reactive ketones (excluding diaryl/α,β-unsaturated/α-hetero) is 1. The molecule has 0 spiro atoms. The van der Waals surface area contributed by atoms with E-state index < -0.39 is 5.97 Å². The Morgan fingerprint density at radius 1 is 1.12 bits per heavy atom. The predicted molar refractivity (Wildman–Crippen MR) is 89.8 cm³/mol. The number of benzene rings is 2. The van der Waals surface area contributed by atoms with Crippen molar-refractivity contribution in [3.8, 4) is 11.8 Å². The van der Waals surface area contributed by atoms with Crippen LogP contribution in [0, 0.1) is 11.8 Å². The molecule has 0 unspecified atom stereocenters. The van der Waals surface area contributed by atoms with Crippen LogP contribution in [-0.4, -0.2) is 11.8 Å². The van der Waals surface area contributed by atoms with Crippen molar-refractivity contribution in [1.82, 2.24) is 0 Å². The number of carbonyl (C=O) groups excluding carboxylic acids is 2. The fraction of sp³-hybridized carbons (Fsp3) is 0.238. The third-order valence-electron chi connectivity index (χ3n) is 4.51. The molecule has 0 bridgehead atoms. The molecular weight excluding hydrogens is 300 g/mol. The molecule has 3 rings (SSSR count). The summed E-state index contributed by atoms with van der Waals surface area (Å²) < 4.78 is 0. The molecule has 0 atom stereocenters. The maximum absolute atomic E-state index is 12.2. The van der Waals surface area contributed by atoms with Gasteiger partial charge in [0.25, 0.3) is 0 Å². The normalized spacial score (nSPS) is 15.2. The van der Waals surface area contributed by atoms with Gasteiger partial charge in [0.05, 0.1) is 5.97 Å². The second kappa shape index (κ2) is 5.98. The largest absolute Gasteiger partial charge is 0.545 e. The number of rotatable bonds is 1. The Morgan fingerprint density at radius 2 is 1.88 bits per heavy atom. The molecule has 0 saturated carbocycles. The number of fused-ring (bicyclic) bond motifs is 1. The first-order valence-corrected chi connectivity index (χ1v) is 7.88. The molecule has 0 aromatic heterocycles. The fourth-order valence-corrected chi connectivity index (χ4v) is 3.05. The minimum Gasteiger partial charge on any atom is -0.545 e. The van der Waals surface area contributed by atoms with Crippen LogP contribution in [0.5, 0.6) is 0 Å². The molecule has 0 fully saturated rings. The smallest absolute Gasteiger partial charge is 0.163 e. The van der Waals surface area contributed by atoms with Crippen molar-refractivity contribution in [2.75, 3.05) is 0 Å². The lowest BCUT2D eigenvalue weighted by Crippen LogP contribution is -2.27. The van der Waals surface area contributed by atoms with Crippen molar-refractivity contribution in [1.29, 1.82) is 0 Å². The van der Waals surface area contributed by atoms with Crippen molar-refractivity contribution in [2.24, 2.45) is 0 Å². The molecule has 1 aliphatic carbocycles. The number of carboxylic acids is 1. The summed E-state index contributed by atoms with van der Waals surface area (Å²) >= 11 is 0. The van der Waals surface area contributed by atoms with Gasteiger partial charge in [-0.25, -0.2) is 0 Å². The second-order valence-electron chi connectivity index (χ2n) is 6.65. The monoisotopic (exact) mass is 317 g/mol. The minimum absolute atomic E-state index is 0.0171. The van der Waals surface area contributed by atoms with Crippen LogP contribution in [0.25, 0.3) is 0 Å². The zero-order valence-electron chi connectivity index (χ0n) is 13.7. The highest BCUT2D eigenvalue weighted by molar-refractivity contribution is 5.99. The lowest BCUT2D eigenvalue weighted by atomic mass is 9.72. The first kappa shape index (κ1) is 16.0. The molecule has 3 heteroatoms. The molecule has 1 aliphatic rings. The van der Waals surface area contributed by atoms with Gasteiger partial charge in [-0.2, -0.15) is 0 Å². The summed E-state index contributed by atoms with van der Waals surface area (Å²) in [6, 6.07) is 12.1. The van der Waals surface area contributed by atoms with Gasteiger partial charge >= 0.3 is 0 Å². The van der Waals surface area contributed by atoms with Gasteiger partial charge < -0.3 is 9.90 Å². The van der Waals surface area contributed by atoms with E-state index in [1.807, 2.05) is 18.2 Å². The minimum atomic E-state index is -1.25. The number of aromatic carboxylic acids is 1. The van der Waals surface area contributed by atoms with Gasteiger partial charge in [-0.1, -0.05) is 50.0 Å². The Labute approximate surface area is 141 Å². The molecule has 3 nitrogen and oxygen atoms in total. The zero-order chi connectivity index (χ0) is 17.3. The highest BCUT2D eigenvalue weighted by Crippen LogP contribution is 2.36. The highest BCUT2D eigenvalue weighted by atomic mass is 16.4. The van der Waals surface area contributed by atoms with Crippen molar-refractivity contribution < 1.29 is 14.7 Å². The maximum Gasteiger partial charge on any atom is 0.163 e. The van der Waals surface area contributed by atoms with Gasteiger partial charge in [0.2, 0.25) is 0 Å². The van der Waals surface area contributed by atoms with Crippen molar-refractivity contribution in [3.05, 3.63) is 70.3 Å². The number of ketones is 1. The van der Waals surface area contributed by atoms with Gasteiger partial charge in [-0.3, -0.25) is 4.79 Å². The third kappa shape index (κ3) is 2.96. The van der Waals surface area contributed by atoms with Gasteiger partial charge in [-0.15, -0.1) is 0 Å². The lowest BCUT2D eigenvalue weighted by molar-refractivity contribution is -0.255. The quantitative estimate of drug-likeness (QED) is 0.760. The molecule has 0 amide bonds. The molecule has 120 valence electrons. The van der Waals surface area contributed by atoms with Crippen LogP contribution in [0.4, 0.5) is 0 Å². The average molecular weight is 317 g/mol. The van der Waals surface area contributed by atoms with Crippen LogP contribution in [0.3, 0.4) is 0 Å². The fourth-order valence-electron chi connectivity index (χ4n) is 3.05. The first-order valence-electron chi connectivity index (χ1n) is 7.88. The van der Waals surface area contributed by atoms with E-state index in [1.54, 1.807) is 18.2 Å². The summed E-state index contributed by atoms with van der Waals surface area (Å²) in [4.78, 5) is 23.3. The number of carboxylic acid groups (broad SMARTS) is 1. The molecule has 24 heavy (non-hydrogen) atoms. The SMILES string of the molecule is CC1(C)CCC(=O)c2cc(C#Cc3ccccc3C(=O)[O-])ccc21. The molecule has 0 heterocycles. The molecule has 0 N–H and O–H groups in total. The predicted octanol–water partition coefficient (Wildman–Crippen LogP) is 2.70. The van der Waals surface area contributed by atoms with Gasteiger partial charge in [-0.05, 0) is 35.6 Å². The van der Waals surface area contributed by atoms with E-state index in [4.69, 9.17) is 0 Å². The average Bonchev–Trinajstić information content (AvgIpc) is 2.57. The van der Waals surface area contributed by atoms with Crippen molar-refractivity contribution in [3.63, 3.8) is 0 Å². The van der Waals surface area contributed by atoms with Crippen molar-refractivity contribution >= 4 is 11.8 Å². The van der Waals surface area contributed by atoms with Crippen LogP contribution in [0.15, 0.2) is 42.5 Å². The molecule has 0 saturated heterocycles. The summed E-state index contributed by atoms with van der Waals surface area (Å²) in [6.07, 6.45) is 1.40. The maximum atomic E-state index is 12.2. The van der Waals surface area contributed by atoms with E-state index in [0.29, 0.717) is 17.5 Å². The van der Waals surface area contributed by atoms with Crippen LogP contribution in [0.2, 0.25) is 0 Å². The van der Waals surface area contributed by atoms with Gasteiger partial charge in [0.1, 0.15) is 0 Å². The summed E-state index contributed by atoms with van der Waals surface area (Å²) in [5.74, 6) is 4.73. The van der Waals surface area contributed by atoms with Crippen molar-refractivity contribution in [2.45, 2.75) is 32.1 Å². The van der Waals surface area contributed by atoms with E-state index in [1.165, 1.54) is 6.07 Å². The summed E-state index contributed by atoms with van der Waals surface area (Å²) in [6.45, 7) is 4.28. The third-order valence-corrected chi connectivity index (χ3v) is 4.51.